The summed E-state index contributed by atoms with van der Waals surface area (Å²) < 4.78 is 2.13. The Balaban J connectivity index is 1.26. The maximum atomic E-state index is 13.6. The zero-order valence-corrected chi connectivity index (χ0v) is 24.0. The second kappa shape index (κ2) is 11.4. The summed E-state index contributed by atoms with van der Waals surface area (Å²) in [5, 5.41) is 26.1. The largest absolute Gasteiger partial charge is 0.506 e. The number of nitrogens with zero attached hydrogens (tertiary/aromatic N) is 2. The molecule has 0 aliphatic heterocycles. The number of fused-ring (bicyclic) bond motifs is 1. The van der Waals surface area contributed by atoms with E-state index in [1.165, 1.54) is 36.6 Å². The Kier molecular flexibility index (Phi) is 7.48. The number of hydrogen-bond acceptors (Lipinski definition) is 5. The van der Waals surface area contributed by atoms with Crippen LogP contribution >= 0.6 is 0 Å². The summed E-state index contributed by atoms with van der Waals surface area (Å²) in [5.74, 6) is -1.59. The van der Waals surface area contributed by atoms with Crippen molar-refractivity contribution >= 4 is 40.4 Å². The standard InChI is InChI=1S/C34H34N4O5/c1-38-27-20-23(12-13-24(27)30(22-7-2-3-8-22)31(38)26-9-4-5-18-35-26)32(42)37-34(16-6-17-34)33(43)36-25-14-10-21(19-28(25)39)11-15-29(40)41/h4-5,9-15,18-20,22,39H,2-3,6-8,16-17H2,1H3,(H,36,43)(H,37,42)(H,40,41)/b15-11+. The van der Waals surface area contributed by atoms with Gasteiger partial charge in [0, 0.05) is 35.8 Å². The van der Waals surface area contributed by atoms with E-state index in [1.807, 2.05) is 43.4 Å². The fraction of sp³-hybridized carbons (Fsp3) is 0.294. The van der Waals surface area contributed by atoms with Gasteiger partial charge in [0.05, 0.1) is 17.1 Å². The molecule has 0 bridgehead atoms. The molecular formula is C34H34N4O5. The lowest BCUT2D eigenvalue weighted by molar-refractivity contribution is -0.131. The highest BCUT2D eigenvalue weighted by Gasteiger charge is 2.46. The van der Waals surface area contributed by atoms with Crippen molar-refractivity contribution in [1.29, 1.82) is 0 Å². The summed E-state index contributed by atoms with van der Waals surface area (Å²) in [4.78, 5) is 42.4. The number of nitrogens with one attached hydrogen (secondary N) is 2. The third-order valence-electron chi connectivity index (χ3n) is 8.86. The lowest BCUT2D eigenvalue weighted by atomic mass is 9.75. The van der Waals surface area contributed by atoms with Crippen LogP contribution in [-0.2, 0) is 16.6 Å². The monoisotopic (exact) mass is 578 g/mol. The normalized spacial score (nSPS) is 16.3. The summed E-state index contributed by atoms with van der Waals surface area (Å²) in [6.07, 6.45) is 10.5. The molecule has 0 unspecified atom stereocenters. The molecule has 0 atom stereocenters. The van der Waals surface area contributed by atoms with Gasteiger partial charge in [0.1, 0.15) is 11.3 Å². The van der Waals surface area contributed by atoms with Gasteiger partial charge < -0.3 is 25.4 Å². The second-order valence-corrected chi connectivity index (χ2v) is 11.5. The zero-order valence-electron chi connectivity index (χ0n) is 24.0. The number of hydrogen-bond donors (Lipinski definition) is 4. The minimum atomic E-state index is -1.10. The van der Waals surface area contributed by atoms with Gasteiger partial charge in [-0.2, -0.15) is 0 Å². The molecule has 2 fully saturated rings. The number of pyridine rings is 1. The first kappa shape index (κ1) is 28.2. The quantitative estimate of drug-likeness (QED) is 0.150. The molecule has 2 saturated carbocycles. The lowest BCUT2D eigenvalue weighted by Gasteiger charge is -2.40. The SMILES string of the molecule is Cn1c(-c2ccccn2)c(C2CCCC2)c2ccc(C(=O)NC3(C(=O)Nc4ccc(/C=C/C(=O)O)cc4O)CCC3)cc21. The molecule has 2 aromatic carbocycles. The van der Waals surface area contributed by atoms with Crippen molar-refractivity contribution in [1.82, 2.24) is 14.9 Å². The number of carboxylic acid groups (broad SMARTS) is 1. The van der Waals surface area contributed by atoms with Crippen LogP contribution in [-0.4, -0.2) is 43.1 Å². The number of aryl methyl sites for hydroxylation is 1. The van der Waals surface area contributed by atoms with Gasteiger partial charge in [-0.25, -0.2) is 4.79 Å². The van der Waals surface area contributed by atoms with Crippen LogP contribution in [0.4, 0.5) is 5.69 Å². The molecule has 4 aromatic rings. The third kappa shape index (κ3) is 5.38. The molecular weight excluding hydrogens is 544 g/mol. The number of anilines is 1. The number of phenolic OH excluding ortho intramolecular Hbond substituents is 1. The average molecular weight is 579 g/mol. The van der Waals surface area contributed by atoms with Crippen LogP contribution in [0.3, 0.4) is 0 Å². The van der Waals surface area contributed by atoms with Crippen LogP contribution < -0.4 is 10.6 Å². The summed E-state index contributed by atoms with van der Waals surface area (Å²) in [7, 11) is 2.02. The number of carbonyl (C=O) groups excluding carboxylic acids is 2. The van der Waals surface area contributed by atoms with E-state index in [9.17, 15) is 19.5 Å². The fourth-order valence-corrected chi connectivity index (χ4v) is 6.44. The number of aromatic hydroxyl groups is 1. The molecule has 4 N–H and O–H groups in total. The summed E-state index contributed by atoms with van der Waals surface area (Å²) in [5.41, 5.74) is 4.27. The van der Waals surface area contributed by atoms with E-state index in [0.717, 1.165) is 47.6 Å². The van der Waals surface area contributed by atoms with Crippen LogP contribution in [0.2, 0.25) is 0 Å². The van der Waals surface area contributed by atoms with Crippen LogP contribution in [0.1, 0.15) is 72.3 Å². The van der Waals surface area contributed by atoms with Crippen molar-refractivity contribution in [2.24, 2.45) is 7.05 Å². The topological polar surface area (TPSA) is 134 Å². The highest BCUT2D eigenvalue weighted by Crippen LogP contribution is 2.44. The number of amides is 2. The van der Waals surface area contributed by atoms with E-state index in [0.29, 0.717) is 29.9 Å². The first-order valence-corrected chi connectivity index (χ1v) is 14.7. The van der Waals surface area contributed by atoms with E-state index in [1.54, 1.807) is 12.3 Å². The minimum Gasteiger partial charge on any atom is -0.506 e. The maximum Gasteiger partial charge on any atom is 0.328 e. The molecule has 9 heteroatoms. The van der Waals surface area contributed by atoms with Crippen molar-refractivity contribution in [3.8, 4) is 17.1 Å². The fourth-order valence-electron chi connectivity index (χ4n) is 6.44. The Labute approximate surface area is 249 Å². The number of aromatic nitrogens is 2. The molecule has 43 heavy (non-hydrogen) atoms. The third-order valence-corrected chi connectivity index (χ3v) is 8.86. The van der Waals surface area contributed by atoms with Crippen LogP contribution in [0, 0.1) is 0 Å². The Morgan fingerprint density at radius 1 is 1.02 bits per heavy atom. The zero-order chi connectivity index (χ0) is 30.1. The van der Waals surface area contributed by atoms with E-state index < -0.39 is 17.4 Å². The van der Waals surface area contributed by atoms with E-state index in [2.05, 4.69) is 20.2 Å². The van der Waals surface area contributed by atoms with Crippen LogP contribution in [0.15, 0.2) is 66.9 Å². The summed E-state index contributed by atoms with van der Waals surface area (Å²) >= 11 is 0. The number of carboxylic acids is 1. The first-order chi connectivity index (χ1) is 20.8. The predicted octanol–water partition coefficient (Wildman–Crippen LogP) is 5.99. The van der Waals surface area contributed by atoms with Crippen molar-refractivity contribution < 1.29 is 24.6 Å². The molecule has 2 aromatic heterocycles. The summed E-state index contributed by atoms with van der Waals surface area (Å²) in [6.45, 7) is 0. The number of phenols is 1. The Hall–Kier alpha value is -4.92. The number of carbonyl (C=O) groups is 3. The van der Waals surface area contributed by atoms with E-state index in [-0.39, 0.29) is 17.3 Å². The highest BCUT2D eigenvalue weighted by atomic mass is 16.4. The van der Waals surface area contributed by atoms with E-state index >= 15 is 0 Å². The van der Waals surface area contributed by atoms with Gasteiger partial charge in [0.2, 0.25) is 5.91 Å². The van der Waals surface area contributed by atoms with Gasteiger partial charge in [-0.05, 0) is 91.6 Å². The van der Waals surface area contributed by atoms with Gasteiger partial charge in [-0.1, -0.05) is 31.0 Å². The van der Waals surface area contributed by atoms with E-state index in [4.69, 9.17) is 5.11 Å². The number of rotatable bonds is 8. The Morgan fingerprint density at radius 3 is 2.47 bits per heavy atom. The van der Waals surface area contributed by atoms with Crippen molar-refractivity contribution in [2.45, 2.75) is 56.4 Å². The van der Waals surface area contributed by atoms with Crippen molar-refractivity contribution in [3.05, 3.63) is 83.6 Å². The smallest absolute Gasteiger partial charge is 0.328 e. The molecule has 6 rings (SSSR count). The van der Waals surface area contributed by atoms with Crippen LogP contribution in [0.5, 0.6) is 5.75 Å². The molecule has 2 heterocycles. The Bertz CT molecular complexity index is 1750. The van der Waals surface area contributed by atoms with Gasteiger partial charge in [0.25, 0.3) is 5.91 Å². The van der Waals surface area contributed by atoms with Gasteiger partial charge >= 0.3 is 5.97 Å². The molecule has 0 radical (unpaired) electrons. The average Bonchev–Trinajstić information content (AvgIpc) is 3.61. The maximum absolute atomic E-state index is 13.6. The molecule has 9 nitrogen and oxygen atoms in total. The Morgan fingerprint density at radius 2 is 1.81 bits per heavy atom. The molecule has 2 amide bonds. The highest BCUT2D eigenvalue weighted by molar-refractivity contribution is 6.06. The molecule has 2 aliphatic rings. The lowest BCUT2D eigenvalue weighted by Crippen LogP contribution is -2.61. The minimum absolute atomic E-state index is 0.185. The first-order valence-electron chi connectivity index (χ1n) is 14.7. The molecule has 2 aliphatic carbocycles. The second-order valence-electron chi connectivity index (χ2n) is 11.5. The van der Waals surface area contributed by atoms with Crippen molar-refractivity contribution in [2.75, 3.05) is 5.32 Å². The molecule has 0 saturated heterocycles. The van der Waals surface area contributed by atoms with Gasteiger partial charge in [-0.3, -0.25) is 14.6 Å². The van der Waals surface area contributed by atoms with Gasteiger partial charge in [0.15, 0.2) is 0 Å². The molecule has 0 spiro atoms. The summed E-state index contributed by atoms with van der Waals surface area (Å²) in [6, 6.07) is 16.1. The van der Waals surface area contributed by atoms with Crippen LogP contribution in [0.25, 0.3) is 28.4 Å². The molecule has 220 valence electrons. The van der Waals surface area contributed by atoms with Gasteiger partial charge in [-0.15, -0.1) is 0 Å². The number of benzene rings is 2. The van der Waals surface area contributed by atoms with Crippen molar-refractivity contribution in [3.63, 3.8) is 0 Å². The predicted molar refractivity (Wildman–Crippen MR) is 165 cm³/mol. The number of aliphatic carboxylic acids is 1.